The van der Waals surface area contributed by atoms with E-state index in [0.717, 1.165) is 17.0 Å². The smallest absolute Gasteiger partial charge is 0.287 e. The van der Waals surface area contributed by atoms with E-state index in [2.05, 4.69) is 4.99 Å². The molecule has 1 atom stereocenters. The van der Waals surface area contributed by atoms with Crippen molar-refractivity contribution in [2.75, 3.05) is 12.3 Å². The van der Waals surface area contributed by atoms with Crippen molar-refractivity contribution in [1.29, 1.82) is 0 Å². The topological polar surface area (TPSA) is 82.9 Å². The number of aliphatic imine (C=N–C) groups is 1. The van der Waals surface area contributed by atoms with Crippen molar-refractivity contribution in [2.45, 2.75) is 12.5 Å². The molecule has 4 N–H and O–H groups in total. The second-order valence-electron chi connectivity index (χ2n) is 4.82. The summed E-state index contributed by atoms with van der Waals surface area (Å²) < 4.78 is 11.3. The zero-order chi connectivity index (χ0) is 14.7. The van der Waals surface area contributed by atoms with Crippen LogP contribution >= 0.6 is 0 Å². The molecule has 0 bridgehead atoms. The first-order valence-electron chi connectivity index (χ1n) is 6.80. The Labute approximate surface area is 123 Å². The summed E-state index contributed by atoms with van der Waals surface area (Å²) in [6.45, 7) is 0.524. The average Bonchev–Trinajstić information content (AvgIpc) is 2.49. The molecule has 5 nitrogen and oxygen atoms in total. The van der Waals surface area contributed by atoms with Crippen molar-refractivity contribution in [3.8, 4) is 5.75 Å². The summed E-state index contributed by atoms with van der Waals surface area (Å²) in [4.78, 5) is 4.18. The second kappa shape index (κ2) is 5.75. The summed E-state index contributed by atoms with van der Waals surface area (Å²) in [5.41, 5.74) is 14.0. The third-order valence-electron chi connectivity index (χ3n) is 3.28. The van der Waals surface area contributed by atoms with Gasteiger partial charge >= 0.3 is 0 Å². The van der Waals surface area contributed by atoms with E-state index in [4.69, 9.17) is 20.9 Å². The van der Waals surface area contributed by atoms with E-state index in [1.54, 1.807) is 6.07 Å². The molecule has 1 aliphatic heterocycles. The van der Waals surface area contributed by atoms with Crippen LogP contribution in [0.2, 0.25) is 0 Å². The standard InChI is InChI=1S/C16H17N3O2/c17-11-6-7-14-13(10-11)15(21-16(18)19-14)8-9-20-12-4-2-1-3-5-12/h1-7,10,15H,8-9,17H2,(H2,18,19). The molecule has 108 valence electrons. The lowest BCUT2D eigenvalue weighted by Crippen LogP contribution is -2.24. The Morgan fingerprint density at radius 3 is 2.71 bits per heavy atom. The number of fused-ring (bicyclic) bond motifs is 1. The van der Waals surface area contributed by atoms with Crippen LogP contribution in [0.1, 0.15) is 18.1 Å². The third-order valence-corrected chi connectivity index (χ3v) is 3.28. The van der Waals surface area contributed by atoms with Crippen LogP contribution in [0, 0.1) is 0 Å². The minimum atomic E-state index is -0.190. The van der Waals surface area contributed by atoms with Crippen molar-refractivity contribution in [2.24, 2.45) is 10.7 Å². The lowest BCUT2D eigenvalue weighted by Gasteiger charge is -2.24. The Morgan fingerprint density at radius 1 is 1.10 bits per heavy atom. The number of amidine groups is 1. The molecule has 2 aromatic rings. The molecule has 3 rings (SSSR count). The van der Waals surface area contributed by atoms with Crippen LogP contribution in [0.25, 0.3) is 0 Å². The van der Waals surface area contributed by atoms with E-state index in [1.165, 1.54) is 0 Å². The fourth-order valence-corrected chi connectivity index (χ4v) is 2.30. The van der Waals surface area contributed by atoms with Gasteiger partial charge in [0.05, 0.1) is 12.3 Å². The molecule has 1 heterocycles. The number of rotatable bonds is 4. The summed E-state index contributed by atoms with van der Waals surface area (Å²) in [5, 5.41) is 0. The quantitative estimate of drug-likeness (QED) is 0.845. The number of para-hydroxylation sites is 1. The SMILES string of the molecule is NC1=Nc2ccc(N)cc2C(CCOc2ccccc2)O1. The highest BCUT2D eigenvalue weighted by atomic mass is 16.5. The fourth-order valence-electron chi connectivity index (χ4n) is 2.30. The molecular weight excluding hydrogens is 266 g/mol. The molecule has 0 saturated heterocycles. The van der Waals surface area contributed by atoms with E-state index in [-0.39, 0.29) is 12.1 Å². The van der Waals surface area contributed by atoms with Crippen LogP contribution in [0.4, 0.5) is 11.4 Å². The van der Waals surface area contributed by atoms with Gasteiger partial charge in [0.2, 0.25) is 0 Å². The first-order chi connectivity index (χ1) is 10.2. The number of nitrogens with two attached hydrogens (primary N) is 2. The average molecular weight is 283 g/mol. The van der Waals surface area contributed by atoms with Crippen LogP contribution in [-0.4, -0.2) is 12.6 Å². The first-order valence-corrected chi connectivity index (χ1v) is 6.80. The number of hydrogen-bond acceptors (Lipinski definition) is 5. The van der Waals surface area contributed by atoms with Crippen LogP contribution in [-0.2, 0) is 4.74 Å². The monoisotopic (exact) mass is 283 g/mol. The van der Waals surface area contributed by atoms with Crippen molar-refractivity contribution in [1.82, 2.24) is 0 Å². The lowest BCUT2D eigenvalue weighted by molar-refractivity contribution is 0.146. The third kappa shape index (κ3) is 3.08. The molecule has 0 aromatic heterocycles. The van der Waals surface area contributed by atoms with Gasteiger partial charge in [-0.15, -0.1) is 0 Å². The van der Waals surface area contributed by atoms with Crippen molar-refractivity contribution in [3.63, 3.8) is 0 Å². The van der Waals surface area contributed by atoms with Gasteiger partial charge in [0.15, 0.2) is 0 Å². The molecule has 0 radical (unpaired) electrons. The van der Waals surface area contributed by atoms with Gasteiger partial charge in [-0.1, -0.05) is 18.2 Å². The molecule has 2 aromatic carbocycles. The zero-order valence-electron chi connectivity index (χ0n) is 11.5. The maximum Gasteiger partial charge on any atom is 0.287 e. The van der Waals surface area contributed by atoms with Crippen molar-refractivity contribution in [3.05, 3.63) is 54.1 Å². The van der Waals surface area contributed by atoms with Crippen molar-refractivity contribution < 1.29 is 9.47 Å². The predicted molar refractivity (Wildman–Crippen MR) is 82.5 cm³/mol. The second-order valence-corrected chi connectivity index (χ2v) is 4.82. The molecule has 1 aliphatic rings. The number of nitrogen functional groups attached to an aromatic ring is 1. The Kier molecular flexibility index (Phi) is 3.64. The Morgan fingerprint density at radius 2 is 1.90 bits per heavy atom. The maximum absolute atomic E-state index is 5.83. The molecular formula is C16H17N3O2. The summed E-state index contributed by atoms with van der Waals surface area (Å²) in [6, 6.07) is 15.4. The first kappa shape index (κ1) is 13.3. The Bertz CT molecular complexity index is 656. The van der Waals surface area contributed by atoms with E-state index in [9.17, 15) is 0 Å². The van der Waals surface area contributed by atoms with E-state index >= 15 is 0 Å². The van der Waals surface area contributed by atoms with Gasteiger partial charge < -0.3 is 20.9 Å². The van der Waals surface area contributed by atoms with Crippen LogP contribution < -0.4 is 16.2 Å². The maximum atomic E-state index is 5.83. The van der Waals surface area contributed by atoms with Gasteiger partial charge in [-0.2, -0.15) is 4.99 Å². The highest BCUT2D eigenvalue weighted by molar-refractivity contribution is 5.79. The molecule has 5 heteroatoms. The van der Waals surface area contributed by atoms with Gasteiger partial charge in [-0.3, -0.25) is 0 Å². The predicted octanol–water partition coefficient (Wildman–Crippen LogP) is 2.76. The summed E-state index contributed by atoms with van der Waals surface area (Å²) in [5.74, 6) is 0.836. The molecule has 0 fully saturated rings. The van der Waals surface area contributed by atoms with E-state index < -0.39 is 0 Å². The van der Waals surface area contributed by atoms with Crippen molar-refractivity contribution >= 4 is 17.4 Å². The molecule has 0 amide bonds. The molecule has 0 saturated carbocycles. The number of hydrogen-bond donors (Lipinski definition) is 2. The van der Waals surface area contributed by atoms with Gasteiger partial charge in [0.25, 0.3) is 6.02 Å². The van der Waals surface area contributed by atoms with Gasteiger partial charge in [0.1, 0.15) is 11.9 Å². The Hall–Kier alpha value is -2.69. The highest BCUT2D eigenvalue weighted by Crippen LogP contribution is 2.35. The highest BCUT2D eigenvalue weighted by Gasteiger charge is 2.23. The molecule has 1 unspecified atom stereocenters. The van der Waals surface area contributed by atoms with E-state index in [0.29, 0.717) is 18.7 Å². The molecule has 0 spiro atoms. The normalized spacial score (nSPS) is 16.6. The number of ether oxygens (including phenoxy) is 2. The largest absolute Gasteiger partial charge is 0.493 e. The number of benzene rings is 2. The number of anilines is 1. The Balaban J connectivity index is 1.69. The lowest BCUT2D eigenvalue weighted by atomic mass is 10.0. The van der Waals surface area contributed by atoms with Gasteiger partial charge in [0, 0.05) is 17.7 Å². The zero-order valence-corrected chi connectivity index (χ0v) is 11.5. The summed E-state index contributed by atoms with van der Waals surface area (Å²) >= 11 is 0. The minimum Gasteiger partial charge on any atom is -0.493 e. The molecule has 0 aliphatic carbocycles. The van der Waals surface area contributed by atoms with Crippen LogP contribution in [0.3, 0.4) is 0 Å². The van der Waals surface area contributed by atoms with Crippen LogP contribution in [0.5, 0.6) is 5.75 Å². The summed E-state index contributed by atoms with van der Waals surface area (Å²) in [6.07, 6.45) is 0.478. The van der Waals surface area contributed by atoms with Crippen LogP contribution in [0.15, 0.2) is 53.5 Å². The minimum absolute atomic E-state index is 0.178. The number of nitrogens with zero attached hydrogens (tertiary/aromatic N) is 1. The summed E-state index contributed by atoms with van der Waals surface area (Å²) in [7, 11) is 0. The van der Waals surface area contributed by atoms with Gasteiger partial charge in [-0.25, -0.2) is 0 Å². The fraction of sp³-hybridized carbons (Fsp3) is 0.188. The molecule has 21 heavy (non-hydrogen) atoms. The van der Waals surface area contributed by atoms with Gasteiger partial charge in [-0.05, 0) is 30.3 Å². The van der Waals surface area contributed by atoms with E-state index in [1.807, 2.05) is 42.5 Å².